The number of thioether (sulfide) groups is 1. The molecule has 3 aromatic rings. The number of thiazole rings is 1. The first-order chi connectivity index (χ1) is 12.5. The quantitative estimate of drug-likeness (QED) is 0.474. The third-order valence-electron chi connectivity index (χ3n) is 3.53. The molecule has 1 amide bonds. The molecule has 0 saturated heterocycles. The van der Waals surface area contributed by atoms with Crippen LogP contribution in [0.1, 0.15) is 24.2 Å². The topological polar surface area (TPSA) is 68.3 Å². The molecule has 0 radical (unpaired) electrons. The van der Waals surface area contributed by atoms with Gasteiger partial charge in [0.25, 0.3) is 0 Å². The summed E-state index contributed by atoms with van der Waals surface area (Å²) in [6, 6.07) is 12.7. The Morgan fingerprint density at radius 3 is 2.85 bits per heavy atom. The fourth-order valence-corrected chi connectivity index (χ4v) is 4.24. The monoisotopic (exact) mass is 386 g/mol. The Labute approximate surface area is 159 Å². The van der Waals surface area contributed by atoms with Gasteiger partial charge in [0.15, 0.2) is 10.1 Å². The minimum absolute atomic E-state index is 0.0311. The molecule has 0 fully saturated rings. The smallest absolute Gasteiger partial charge is 0.234 e. The molecule has 7 heteroatoms. The van der Waals surface area contributed by atoms with Crippen LogP contribution in [0.25, 0.3) is 10.2 Å². The lowest BCUT2D eigenvalue weighted by Crippen LogP contribution is -2.14. The molecule has 0 bridgehead atoms. The number of anilines is 1. The summed E-state index contributed by atoms with van der Waals surface area (Å²) in [7, 11) is 0. The zero-order valence-corrected chi connectivity index (χ0v) is 16.1. The highest BCUT2D eigenvalue weighted by molar-refractivity contribution is 8.01. The van der Waals surface area contributed by atoms with Crippen molar-refractivity contribution in [2.45, 2.75) is 18.2 Å². The second-order valence-corrected chi connectivity index (χ2v) is 7.77. The Hall–Kier alpha value is -2.38. The number of hydrogen-bond donors (Lipinski definition) is 1. The zero-order chi connectivity index (χ0) is 18.5. The van der Waals surface area contributed by atoms with Crippen molar-refractivity contribution in [3.63, 3.8) is 0 Å². The van der Waals surface area contributed by atoms with Gasteiger partial charge in [-0.25, -0.2) is 4.98 Å². The van der Waals surface area contributed by atoms with Crippen molar-refractivity contribution < 1.29 is 14.3 Å². The summed E-state index contributed by atoms with van der Waals surface area (Å²) >= 11 is 2.93. The lowest BCUT2D eigenvalue weighted by molar-refractivity contribution is -0.113. The minimum Gasteiger partial charge on any atom is -0.494 e. The van der Waals surface area contributed by atoms with Gasteiger partial charge < -0.3 is 10.1 Å². The van der Waals surface area contributed by atoms with Crippen LogP contribution in [0.2, 0.25) is 0 Å². The third-order valence-corrected chi connectivity index (χ3v) is 5.69. The summed E-state index contributed by atoms with van der Waals surface area (Å²) in [6.45, 7) is 4.07. The zero-order valence-electron chi connectivity index (χ0n) is 14.4. The largest absolute Gasteiger partial charge is 0.494 e. The van der Waals surface area contributed by atoms with E-state index in [2.05, 4.69) is 10.3 Å². The first-order valence-electron chi connectivity index (χ1n) is 8.12. The number of amides is 1. The Kier molecular flexibility index (Phi) is 5.90. The molecule has 0 atom stereocenters. The van der Waals surface area contributed by atoms with Crippen LogP contribution in [-0.2, 0) is 4.79 Å². The van der Waals surface area contributed by atoms with E-state index < -0.39 is 0 Å². The first-order valence-corrected chi connectivity index (χ1v) is 9.92. The van der Waals surface area contributed by atoms with Crippen molar-refractivity contribution in [1.82, 2.24) is 4.98 Å². The van der Waals surface area contributed by atoms with Crippen molar-refractivity contribution in [3.8, 4) is 5.75 Å². The third kappa shape index (κ3) is 4.62. The molecule has 1 heterocycles. The van der Waals surface area contributed by atoms with Gasteiger partial charge in [-0.2, -0.15) is 0 Å². The summed E-state index contributed by atoms with van der Waals surface area (Å²) in [5, 5.41) is 2.81. The van der Waals surface area contributed by atoms with Crippen molar-refractivity contribution >= 4 is 50.7 Å². The average molecular weight is 386 g/mol. The predicted octanol–water partition coefficient (Wildman–Crippen LogP) is 4.63. The highest BCUT2D eigenvalue weighted by atomic mass is 32.2. The summed E-state index contributed by atoms with van der Waals surface area (Å²) in [5.41, 5.74) is 2.09. The number of rotatable bonds is 7. The number of Topliss-reactive ketones (excluding diaryl/α,β-unsaturated/α-hetero) is 1. The van der Waals surface area contributed by atoms with Gasteiger partial charge in [-0.05, 0) is 44.2 Å². The second-order valence-electron chi connectivity index (χ2n) is 5.52. The van der Waals surface area contributed by atoms with Crippen LogP contribution in [0.4, 0.5) is 5.69 Å². The molecule has 26 heavy (non-hydrogen) atoms. The second kappa shape index (κ2) is 8.33. The van der Waals surface area contributed by atoms with E-state index in [1.165, 1.54) is 30.0 Å². The lowest BCUT2D eigenvalue weighted by atomic mass is 10.1. The molecular formula is C19H18N2O3S2. The van der Waals surface area contributed by atoms with E-state index in [-0.39, 0.29) is 17.4 Å². The van der Waals surface area contributed by atoms with Crippen LogP contribution >= 0.6 is 23.1 Å². The normalized spacial score (nSPS) is 10.7. The molecule has 0 aliphatic carbocycles. The number of aromatic nitrogens is 1. The van der Waals surface area contributed by atoms with Crippen LogP contribution in [-0.4, -0.2) is 29.0 Å². The molecule has 0 unspecified atom stereocenters. The maximum Gasteiger partial charge on any atom is 0.234 e. The van der Waals surface area contributed by atoms with Gasteiger partial charge in [0.05, 0.1) is 22.6 Å². The van der Waals surface area contributed by atoms with Gasteiger partial charge in [-0.1, -0.05) is 23.9 Å². The van der Waals surface area contributed by atoms with E-state index in [0.717, 1.165) is 20.3 Å². The van der Waals surface area contributed by atoms with E-state index in [4.69, 9.17) is 4.74 Å². The Morgan fingerprint density at radius 2 is 2.08 bits per heavy atom. The van der Waals surface area contributed by atoms with E-state index in [9.17, 15) is 9.59 Å². The fraction of sp³-hybridized carbons (Fsp3) is 0.211. The number of nitrogens with zero attached hydrogens (tertiary/aromatic N) is 1. The van der Waals surface area contributed by atoms with Crippen molar-refractivity contribution in [2.75, 3.05) is 17.7 Å². The average Bonchev–Trinajstić information content (AvgIpc) is 3.03. The Balaban J connectivity index is 1.61. The first kappa shape index (κ1) is 18.4. The maximum absolute atomic E-state index is 12.2. The molecule has 0 spiro atoms. The molecule has 0 aliphatic heterocycles. The van der Waals surface area contributed by atoms with Crippen LogP contribution < -0.4 is 10.1 Å². The number of ketones is 1. The molecule has 3 rings (SSSR count). The standard InChI is InChI=1S/C19H18N2O3S2/c1-3-24-15-7-8-16-17(10-15)26-19(21-16)25-11-18(23)20-14-6-4-5-13(9-14)12(2)22/h4-10H,3,11H2,1-2H3,(H,20,23). The maximum atomic E-state index is 12.2. The van der Waals surface area contributed by atoms with E-state index in [1.54, 1.807) is 24.3 Å². The fourth-order valence-electron chi connectivity index (χ4n) is 2.34. The van der Waals surface area contributed by atoms with Gasteiger partial charge in [0.1, 0.15) is 5.75 Å². The van der Waals surface area contributed by atoms with Crippen molar-refractivity contribution in [3.05, 3.63) is 48.0 Å². The Bertz CT molecular complexity index is 953. The van der Waals surface area contributed by atoms with E-state index >= 15 is 0 Å². The van der Waals surface area contributed by atoms with Crippen LogP contribution in [0.15, 0.2) is 46.8 Å². The summed E-state index contributed by atoms with van der Waals surface area (Å²) < 4.78 is 7.37. The molecule has 2 aromatic carbocycles. The summed E-state index contributed by atoms with van der Waals surface area (Å²) in [4.78, 5) is 28.1. The molecule has 0 aliphatic rings. The molecular weight excluding hydrogens is 368 g/mol. The van der Waals surface area contributed by atoms with Gasteiger partial charge >= 0.3 is 0 Å². The molecule has 0 saturated carbocycles. The number of fused-ring (bicyclic) bond motifs is 1. The number of carbonyl (C=O) groups is 2. The molecule has 134 valence electrons. The summed E-state index contributed by atoms with van der Waals surface area (Å²) in [6.07, 6.45) is 0. The number of benzene rings is 2. The number of hydrogen-bond acceptors (Lipinski definition) is 6. The molecule has 1 aromatic heterocycles. The molecule has 1 N–H and O–H groups in total. The van der Waals surface area contributed by atoms with Gasteiger partial charge in [-0.3, -0.25) is 9.59 Å². The number of carbonyl (C=O) groups excluding carboxylic acids is 2. The minimum atomic E-state index is -0.134. The SMILES string of the molecule is CCOc1ccc2nc(SCC(=O)Nc3cccc(C(C)=O)c3)sc2c1. The van der Waals surface area contributed by atoms with Crippen molar-refractivity contribution in [1.29, 1.82) is 0 Å². The van der Waals surface area contributed by atoms with Gasteiger partial charge in [-0.15, -0.1) is 11.3 Å². The Morgan fingerprint density at radius 1 is 1.23 bits per heavy atom. The highest BCUT2D eigenvalue weighted by Crippen LogP contribution is 2.32. The number of nitrogens with one attached hydrogen (secondary N) is 1. The van der Waals surface area contributed by atoms with Crippen LogP contribution in [0.3, 0.4) is 0 Å². The van der Waals surface area contributed by atoms with E-state index in [0.29, 0.717) is 17.9 Å². The lowest BCUT2D eigenvalue weighted by Gasteiger charge is -2.05. The van der Waals surface area contributed by atoms with E-state index in [1.807, 2.05) is 25.1 Å². The van der Waals surface area contributed by atoms with Crippen LogP contribution in [0, 0.1) is 0 Å². The summed E-state index contributed by atoms with van der Waals surface area (Å²) in [5.74, 6) is 0.909. The van der Waals surface area contributed by atoms with Gasteiger partial charge in [0.2, 0.25) is 5.91 Å². The van der Waals surface area contributed by atoms with Gasteiger partial charge in [0, 0.05) is 11.3 Å². The van der Waals surface area contributed by atoms with Crippen LogP contribution in [0.5, 0.6) is 5.75 Å². The van der Waals surface area contributed by atoms with Crippen molar-refractivity contribution in [2.24, 2.45) is 0 Å². The predicted molar refractivity (Wildman–Crippen MR) is 107 cm³/mol. The number of ether oxygens (including phenoxy) is 1. The molecule has 5 nitrogen and oxygen atoms in total. The highest BCUT2D eigenvalue weighted by Gasteiger charge is 2.10.